The largest absolute Gasteiger partial charge is 0.482 e. The molecule has 0 aliphatic carbocycles. The van der Waals surface area contributed by atoms with Gasteiger partial charge in [-0.3, -0.25) is 4.79 Å². The standard InChI is InChI=1S/C10H12N2O6S/c1-12-9(13)5-18-7-3-2-6(10(14)15)4-8(7)19(11,16)17/h2-4H,5H2,1H3,(H,12,13)(H,14,15)(H2,11,16,17). The fourth-order valence-corrected chi connectivity index (χ4v) is 1.90. The monoisotopic (exact) mass is 288 g/mol. The summed E-state index contributed by atoms with van der Waals surface area (Å²) in [6, 6.07) is 3.15. The van der Waals surface area contributed by atoms with Crippen LogP contribution in [0, 0.1) is 0 Å². The molecule has 104 valence electrons. The Balaban J connectivity index is 3.17. The number of carbonyl (C=O) groups is 2. The van der Waals surface area contributed by atoms with Crippen molar-refractivity contribution in [3.8, 4) is 5.75 Å². The van der Waals surface area contributed by atoms with Crippen LogP contribution in [-0.4, -0.2) is 39.1 Å². The third-order valence-corrected chi connectivity index (χ3v) is 3.07. The van der Waals surface area contributed by atoms with Gasteiger partial charge in [-0.05, 0) is 18.2 Å². The molecule has 0 aliphatic rings. The Labute approximate surface area is 109 Å². The third-order valence-electron chi connectivity index (χ3n) is 2.13. The molecule has 0 unspecified atom stereocenters. The predicted molar refractivity (Wildman–Crippen MR) is 64.3 cm³/mol. The Bertz CT molecular complexity index is 610. The molecular weight excluding hydrogens is 276 g/mol. The van der Waals surface area contributed by atoms with Gasteiger partial charge < -0.3 is 15.2 Å². The molecule has 0 radical (unpaired) electrons. The second-order valence-electron chi connectivity index (χ2n) is 3.47. The van der Waals surface area contributed by atoms with Gasteiger partial charge in [0.2, 0.25) is 10.0 Å². The minimum absolute atomic E-state index is 0.184. The van der Waals surface area contributed by atoms with Gasteiger partial charge in [-0.25, -0.2) is 18.4 Å². The van der Waals surface area contributed by atoms with Gasteiger partial charge in [0, 0.05) is 7.05 Å². The molecule has 9 heteroatoms. The number of sulfonamides is 1. The molecule has 4 N–H and O–H groups in total. The van der Waals surface area contributed by atoms with E-state index in [0.717, 1.165) is 18.2 Å². The number of primary sulfonamides is 1. The van der Waals surface area contributed by atoms with Gasteiger partial charge in [0.05, 0.1) is 5.56 Å². The summed E-state index contributed by atoms with van der Waals surface area (Å²) < 4.78 is 27.7. The SMILES string of the molecule is CNC(=O)COc1ccc(C(=O)O)cc1S(N)(=O)=O. The van der Waals surface area contributed by atoms with Crippen molar-refractivity contribution in [2.45, 2.75) is 4.90 Å². The normalized spacial score (nSPS) is 10.8. The molecule has 0 heterocycles. The van der Waals surface area contributed by atoms with Crippen molar-refractivity contribution in [3.63, 3.8) is 0 Å². The lowest BCUT2D eigenvalue weighted by atomic mass is 10.2. The zero-order chi connectivity index (χ0) is 14.6. The number of nitrogens with one attached hydrogen (secondary N) is 1. The van der Waals surface area contributed by atoms with Gasteiger partial charge in [-0.15, -0.1) is 0 Å². The molecule has 0 aliphatic heterocycles. The van der Waals surface area contributed by atoms with Crippen molar-refractivity contribution in [2.75, 3.05) is 13.7 Å². The minimum Gasteiger partial charge on any atom is -0.482 e. The first-order chi connectivity index (χ1) is 8.75. The number of carboxylic acid groups (broad SMARTS) is 1. The van der Waals surface area contributed by atoms with E-state index < -0.39 is 33.4 Å². The number of nitrogens with two attached hydrogens (primary N) is 1. The number of hydrogen-bond donors (Lipinski definition) is 3. The average molecular weight is 288 g/mol. The fourth-order valence-electron chi connectivity index (χ4n) is 1.20. The average Bonchev–Trinajstić information content (AvgIpc) is 2.34. The lowest BCUT2D eigenvalue weighted by Gasteiger charge is -2.10. The van der Waals surface area contributed by atoms with Crippen LogP contribution in [0.3, 0.4) is 0 Å². The Morgan fingerprint density at radius 2 is 2.05 bits per heavy atom. The van der Waals surface area contributed by atoms with E-state index >= 15 is 0 Å². The molecule has 0 bridgehead atoms. The summed E-state index contributed by atoms with van der Waals surface area (Å²) in [6.07, 6.45) is 0. The van der Waals surface area contributed by atoms with Gasteiger partial charge in [0.1, 0.15) is 10.6 Å². The van der Waals surface area contributed by atoms with Gasteiger partial charge in [-0.2, -0.15) is 0 Å². The van der Waals surface area contributed by atoms with Crippen molar-refractivity contribution >= 4 is 21.9 Å². The van der Waals surface area contributed by atoms with E-state index in [1.165, 1.54) is 7.05 Å². The van der Waals surface area contributed by atoms with Crippen molar-refractivity contribution < 1.29 is 27.9 Å². The van der Waals surface area contributed by atoms with Crippen molar-refractivity contribution in [1.82, 2.24) is 5.32 Å². The summed E-state index contributed by atoms with van der Waals surface area (Å²) in [5.74, 6) is -1.96. The van der Waals surface area contributed by atoms with Gasteiger partial charge in [0.15, 0.2) is 6.61 Å². The molecule has 8 nitrogen and oxygen atoms in total. The highest BCUT2D eigenvalue weighted by Gasteiger charge is 2.18. The second-order valence-corrected chi connectivity index (χ2v) is 5.00. The number of rotatable bonds is 5. The Morgan fingerprint density at radius 1 is 1.42 bits per heavy atom. The molecule has 1 amide bonds. The van der Waals surface area contributed by atoms with Crippen LogP contribution in [0.2, 0.25) is 0 Å². The van der Waals surface area contributed by atoms with E-state index in [9.17, 15) is 18.0 Å². The highest BCUT2D eigenvalue weighted by atomic mass is 32.2. The fraction of sp³-hybridized carbons (Fsp3) is 0.200. The summed E-state index contributed by atoms with van der Waals surface area (Å²) in [5.41, 5.74) is -0.253. The first kappa shape index (κ1) is 14.9. The second kappa shape index (κ2) is 5.67. The maximum atomic E-state index is 11.3. The van der Waals surface area contributed by atoms with Crippen LogP contribution >= 0.6 is 0 Å². The quantitative estimate of drug-likeness (QED) is 0.646. The first-order valence-electron chi connectivity index (χ1n) is 4.99. The highest BCUT2D eigenvalue weighted by molar-refractivity contribution is 7.89. The number of amides is 1. The highest BCUT2D eigenvalue weighted by Crippen LogP contribution is 2.24. The van der Waals surface area contributed by atoms with Gasteiger partial charge >= 0.3 is 5.97 Å². The number of likely N-dealkylation sites (N-methyl/N-ethyl adjacent to an activating group) is 1. The molecule has 0 aromatic heterocycles. The van der Waals surface area contributed by atoms with E-state index in [2.05, 4.69) is 5.32 Å². The van der Waals surface area contributed by atoms with Crippen LogP contribution in [0.5, 0.6) is 5.75 Å². The van der Waals surface area contributed by atoms with Crippen LogP contribution in [0.15, 0.2) is 23.1 Å². The van der Waals surface area contributed by atoms with Gasteiger partial charge in [0.25, 0.3) is 5.91 Å². The number of aromatic carboxylic acids is 1. The first-order valence-corrected chi connectivity index (χ1v) is 6.54. The summed E-state index contributed by atoms with van der Waals surface area (Å²) in [5, 5.41) is 16.0. The summed E-state index contributed by atoms with van der Waals surface area (Å²) in [7, 11) is -2.78. The van der Waals surface area contributed by atoms with E-state index in [0.29, 0.717) is 0 Å². The van der Waals surface area contributed by atoms with Crippen LogP contribution in [0.4, 0.5) is 0 Å². The van der Waals surface area contributed by atoms with Crippen LogP contribution in [0.1, 0.15) is 10.4 Å². The minimum atomic E-state index is -4.16. The summed E-state index contributed by atoms with van der Waals surface area (Å²) in [4.78, 5) is 21.3. The zero-order valence-corrected chi connectivity index (χ0v) is 10.7. The van der Waals surface area contributed by atoms with Crippen LogP contribution < -0.4 is 15.2 Å². The predicted octanol–water partition coefficient (Wildman–Crippen LogP) is -0.843. The molecule has 1 rings (SSSR count). The number of carboxylic acids is 1. The van der Waals surface area contributed by atoms with Gasteiger partial charge in [-0.1, -0.05) is 0 Å². The van der Waals surface area contributed by atoms with Crippen molar-refractivity contribution in [3.05, 3.63) is 23.8 Å². The molecule has 0 atom stereocenters. The number of carbonyl (C=O) groups excluding carboxylic acids is 1. The zero-order valence-electron chi connectivity index (χ0n) is 9.91. The molecule has 1 aromatic carbocycles. The van der Waals surface area contributed by atoms with Crippen molar-refractivity contribution in [1.29, 1.82) is 0 Å². The molecule has 19 heavy (non-hydrogen) atoms. The summed E-state index contributed by atoms with van der Waals surface area (Å²) in [6.45, 7) is -0.411. The number of benzene rings is 1. The van der Waals surface area contributed by atoms with Crippen LogP contribution in [-0.2, 0) is 14.8 Å². The lowest BCUT2D eigenvalue weighted by molar-refractivity contribution is -0.122. The number of hydrogen-bond acceptors (Lipinski definition) is 5. The third kappa shape index (κ3) is 3.93. The maximum Gasteiger partial charge on any atom is 0.335 e. The smallest absolute Gasteiger partial charge is 0.335 e. The molecule has 0 spiro atoms. The Kier molecular flexibility index (Phi) is 4.46. The van der Waals surface area contributed by atoms with Crippen LogP contribution in [0.25, 0.3) is 0 Å². The van der Waals surface area contributed by atoms with Crippen molar-refractivity contribution in [2.24, 2.45) is 5.14 Å². The van der Waals surface area contributed by atoms with E-state index in [-0.39, 0.29) is 11.3 Å². The Hall–Kier alpha value is -2.13. The molecular formula is C10H12N2O6S. The van der Waals surface area contributed by atoms with E-state index in [1.54, 1.807) is 0 Å². The Morgan fingerprint density at radius 3 is 2.53 bits per heavy atom. The molecule has 0 saturated heterocycles. The topological polar surface area (TPSA) is 136 Å². The van der Waals surface area contributed by atoms with E-state index in [4.69, 9.17) is 15.0 Å². The summed E-state index contributed by atoms with van der Waals surface area (Å²) >= 11 is 0. The maximum absolute atomic E-state index is 11.3. The molecule has 0 fully saturated rings. The number of ether oxygens (including phenoxy) is 1. The lowest BCUT2D eigenvalue weighted by Crippen LogP contribution is -2.25. The van der Waals surface area contributed by atoms with E-state index in [1.807, 2.05) is 0 Å². The molecule has 1 aromatic rings. The molecule has 0 saturated carbocycles.